The highest BCUT2D eigenvalue weighted by molar-refractivity contribution is 7.93. The fourth-order valence-corrected chi connectivity index (χ4v) is 2.22. The first-order valence-electron chi connectivity index (χ1n) is 3.94. The normalized spacial score (nSPS) is 15.2. The van der Waals surface area contributed by atoms with Gasteiger partial charge in [0.2, 0.25) is 5.13 Å². The summed E-state index contributed by atoms with van der Waals surface area (Å²) in [7, 11) is -2.71. The van der Waals surface area contributed by atoms with Crippen molar-refractivity contribution in [2.45, 2.75) is 20.3 Å². The zero-order valence-corrected chi connectivity index (χ0v) is 9.17. The van der Waals surface area contributed by atoms with Crippen molar-refractivity contribution in [3.63, 3.8) is 0 Å². The molecule has 0 aromatic carbocycles. The van der Waals surface area contributed by atoms with Gasteiger partial charge in [-0.05, 0) is 6.42 Å². The van der Waals surface area contributed by atoms with Crippen LogP contribution in [0, 0.1) is 4.78 Å². The second-order valence-electron chi connectivity index (χ2n) is 2.42. The largest absolute Gasteiger partial charge is 0.273 e. The Labute approximate surface area is 81.7 Å². The van der Waals surface area contributed by atoms with E-state index >= 15 is 0 Å². The van der Waals surface area contributed by atoms with Gasteiger partial charge in [0.1, 0.15) is 14.9 Å². The van der Waals surface area contributed by atoms with Crippen LogP contribution in [0.4, 0.5) is 5.13 Å². The van der Waals surface area contributed by atoms with Crippen LogP contribution >= 0.6 is 11.3 Å². The summed E-state index contributed by atoms with van der Waals surface area (Å²) >= 11 is 1.34. The van der Waals surface area contributed by atoms with Gasteiger partial charge >= 0.3 is 0 Å². The van der Waals surface area contributed by atoms with Crippen molar-refractivity contribution in [1.82, 2.24) is 10.2 Å². The van der Waals surface area contributed by atoms with E-state index in [2.05, 4.69) is 14.9 Å². The summed E-state index contributed by atoms with van der Waals surface area (Å²) < 4.78 is 21.2. The van der Waals surface area contributed by atoms with Gasteiger partial charge in [0, 0.05) is 5.75 Å². The van der Waals surface area contributed by atoms with Gasteiger partial charge in [0.25, 0.3) is 0 Å². The fraction of sp³-hybridized carbons (Fsp3) is 0.667. The van der Waals surface area contributed by atoms with E-state index in [-0.39, 0.29) is 5.75 Å². The maximum atomic E-state index is 11.3. The highest BCUT2D eigenvalue weighted by Gasteiger charge is 2.07. The summed E-state index contributed by atoms with van der Waals surface area (Å²) in [5.41, 5.74) is 0. The van der Waals surface area contributed by atoms with Crippen molar-refractivity contribution in [3.8, 4) is 0 Å². The Balaban J connectivity index is 2.75. The lowest BCUT2D eigenvalue weighted by Gasteiger charge is -2.02. The molecule has 0 amide bonds. The number of rotatable bonds is 4. The summed E-state index contributed by atoms with van der Waals surface area (Å²) in [6.07, 6.45) is 0.810. The van der Waals surface area contributed by atoms with Crippen molar-refractivity contribution in [2.75, 3.05) is 10.5 Å². The van der Waals surface area contributed by atoms with E-state index in [9.17, 15) is 4.21 Å². The molecule has 7 heteroatoms. The first-order chi connectivity index (χ1) is 6.07. The number of anilines is 1. The maximum Gasteiger partial charge on any atom is 0.218 e. The van der Waals surface area contributed by atoms with Gasteiger partial charge in [-0.15, -0.1) is 10.2 Å². The van der Waals surface area contributed by atoms with Gasteiger partial charge in [0.15, 0.2) is 0 Å². The zero-order valence-electron chi connectivity index (χ0n) is 7.53. The van der Waals surface area contributed by atoms with E-state index in [0.717, 1.165) is 11.4 Å². The molecule has 0 aliphatic heterocycles. The lowest BCUT2D eigenvalue weighted by Crippen LogP contribution is -2.12. The van der Waals surface area contributed by atoms with Crippen LogP contribution in [0.15, 0.2) is 0 Å². The number of nitrogens with one attached hydrogen (secondary N) is 2. The zero-order chi connectivity index (χ0) is 9.90. The van der Waals surface area contributed by atoms with Crippen LogP contribution in [0.2, 0.25) is 0 Å². The Bertz CT molecular complexity index is 370. The average Bonchev–Trinajstić information content (AvgIpc) is 2.52. The first-order valence-corrected chi connectivity index (χ1v) is 6.48. The number of hydrogen-bond donors (Lipinski definition) is 2. The van der Waals surface area contributed by atoms with Crippen molar-refractivity contribution in [3.05, 3.63) is 5.01 Å². The molecule has 1 unspecified atom stereocenters. The van der Waals surface area contributed by atoms with Crippen molar-refractivity contribution in [1.29, 1.82) is 4.78 Å². The first kappa shape index (κ1) is 10.4. The average molecular weight is 220 g/mol. The summed E-state index contributed by atoms with van der Waals surface area (Å²) in [4.78, 5) is 0. The molecule has 5 nitrogen and oxygen atoms in total. The van der Waals surface area contributed by atoms with Gasteiger partial charge in [-0.2, -0.15) is 0 Å². The molecular formula is C6H12N4OS2. The predicted octanol–water partition coefficient (Wildman–Crippen LogP) is 1.49. The topological polar surface area (TPSA) is 78.7 Å². The Morgan fingerprint density at radius 1 is 1.54 bits per heavy atom. The van der Waals surface area contributed by atoms with Crippen LogP contribution in [0.5, 0.6) is 0 Å². The standard InChI is InChI=1S/C6H12N4OS2/c1-3-5-8-9-6(12-5)10-13(7,11)4-2/h3-4H2,1-2H3,(H2,7,9,10,11). The molecule has 0 bridgehead atoms. The van der Waals surface area contributed by atoms with Gasteiger partial charge in [-0.25, -0.2) is 8.99 Å². The predicted molar refractivity (Wildman–Crippen MR) is 54.3 cm³/mol. The minimum atomic E-state index is -2.71. The molecule has 1 atom stereocenters. The Morgan fingerprint density at radius 3 is 2.69 bits per heavy atom. The second kappa shape index (κ2) is 4.01. The van der Waals surface area contributed by atoms with E-state index in [1.54, 1.807) is 6.92 Å². The molecule has 0 fully saturated rings. The van der Waals surface area contributed by atoms with Crippen LogP contribution in [0.25, 0.3) is 0 Å². The summed E-state index contributed by atoms with van der Waals surface area (Å²) in [6.45, 7) is 3.67. The van der Waals surface area contributed by atoms with E-state index in [4.69, 9.17) is 4.78 Å². The number of nitrogens with zero attached hydrogens (tertiary/aromatic N) is 2. The fourth-order valence-electron chi connectivity index (χ4n) is 0.651. The Kier molecular flexibility index (Phi) is 3.21. The van der Waals surface area contributed by atoms with Crippen LogP contribution < -0.4 is 4.72 Å². The van der Waals surface area contributed by atoms with Gasteiger partial charge in [0.05, 0.1) is 0 Å². The summed E-state index contributed by atoms with van der Waals surface area (Å²) in [5.74, 6) is 0.272. The molecule has 1 aromatic heterocycles. The molecular weight excluding hydrogens is 208 g/mol. The van der Waals surface area contributed by atoms with Gasteiger partial charge in [-0.1, -0.05) is 25.2 Å². The number of hydrogen-bond acceptors (Lipinski definition) is 5. The third-order valence-corrected chi connectivity index (χ3v) is 3.88. The Hall–Kier alpha value is -0.690. The molecule has 0 saturated heterocycles. The molecule has 13 heavy (non-hydrogen) atoms. The molecule has 74 valence electrons. The lowest BCUT2D eigenvalue weighted by molar-refractivity contribution is 0.679. The monoisotopic (exact) mass is 220 g/mol. The quantitative estimate of drug-likeness (QED) is 0.807. The molecule has 0 aliphatic rings. The maximum absolute atomic E-state index is 11.3. The van der Waals surface area contributed by atoms with Crippen LogP contribution in [-0.2, 0) is 16.3 Å². The molecule has 1 rings (SSSR count). The molecule has 2 N–H and O–H groups in total. The minimum absolute atomic E-state index is 0.272. The van der Waals surface area contributed by atoms with Crippen LogP contribution in [0.3, 0.4) is 0 Å². The molecule has 0 spiro atoms. The molecule has 0 saturated carbocycles. The van der Waals surface area contributed by atoms with E-state index in [1.807, 2.05) is 6.92 Å². The van der Waals surface area contributed by atoms with Crippen LogP contribution in [-0.4, -0.2) is 20.2 Å². The lowest BCUT2D eigenvalue weighted by atomic mass is 10.5. The highest BCUT2D eigenvalue weighted by atomic mass is 32.2. The summed E-state index contributed by atoms with van der Waals surface area (Å²) in [6, 6.07) is 0. The summed E-state index contributed by atoms with van der Waals surface area (Å²) in [5, 5.41) is 8.98. The van der Waals surface area contributed by atoms with Gasteiger partial charge in [-0.3, -0.25) is 4.72 Å². The number of aromatic nitrogens is 2. The minimum Gasteiger partial charge on any atom is -0.273 e. The molecule has 1 heterocycles. The molecule has 0 radical (unpaired) electrons. The van der Waals surface area contributed by atoms with E-state index in [1.165, 1.54) is 11.3 Å². The highest BCUT2D eigenvalue weighted by Crippen LogP contribution is 2.16. The van der Waals surface area contributed by atoms with Crippen molar-refractivity contribution in [2.24, 2.45) is 0 Å². The SMILES string of the molecule is CCc1nnc(NS(=N)(=O)CC)s1. The van der Waals surface area contributed by atoms with Crippen molar-refractivity contribution >= 4 is 26.4 Å². The smallest absolute Gasteiger partial charge is 0.218 e. The van der Waals surface area contributed by atoms with E-state index < -0.39 is 9.92 Å². The third-order valence-electron chi connectivity index (χ3n) is 1.43. The molecule has 0 aliphatic carbocycles. The van der Waals surface area contributed by atoms with Crippen molar-refractivity contribution < 1.29 is 4.21 Å². The third kappa shape index (κ3) is 2.92. The molecule has 1 aromatic rings. The van der Waals surface area contributed by atoms with Crippen LogP contribution in [0.1, 0.15) is 18.9 Å². The van der Waals surface area contributed by atoms with E-state index in [0.29, 0.717) is 5.13 Å². The number of aryl methyl sites for hydroxylation is 1. The second-order valence-corrected chi connectivity index (χ2v) is 5.61. The van der Waals surface area contributed by atoms with Gasteiger partial charge < -0.3 is 0 Å². The Morgan fingerprint density at radius 2 is 2.23 bits per heavy atom.